The van der Waals surface area contributed by atoms with Gasteiger partial charge < -0.3 is 9.88 Å². The van der Waals surface area contributed by atoms with Crippen LogP contribution in [0.5, 0.6) is 0 Å². The Labute approximate surface area is 134 Å². The topological polar surface area (TPSA) is 70.2 Å². The lowest BCUT2D eigenvalue weighted by Gasteiger charge is -2.23. The van der Waals surface area contributed by atoms with Gasteiger partial charge in [0.1, 0.15) is 5.69 Å². The van der Waals surface area contributed by atoms with Crippen LogP contribution in [0.15, 0.2) is 18.2 Å². The van der Waals surface area contributed by atoms with Crippen LogP contribution < -0.4 is 0 Å². The summed E-state index contributed by atoms with van der Waals surface area (Å²) >= 11 is 5.98. The number of aromatic nitrogens is 1. The molecule has 2 aromatic rings. The number of amides is 1. The van der Waals surface area contributed by atoms with E-state index in [-0.39, 0.29) is 23.5 Å². The molecule has 1 unspecified atom stereocenters. The van der Waals surface area contributed by atoms with Crippen LogP contribution >= 0.6 is 11.6 Å². The lowest BCUT2D eigenvalue weighted by molar-refractivity contribution is 0.0742. The molecule has 0 bridgehead atoms. The van der Waals surface area contributed by atoms with Crippen molar-refractivity contribution < 1.29 is 13.2 Å². The molecule has 1 aliphatic heterocycles. The largest absolute Gasteiger partial charge is 0.350 e. The molecule has 1 aromatic heterocycles. The zero-order valence-corrected chi connectivity index (χ0v) is 14.0. The molecule has 1 saturated heterocycles. The molecule has 118 valence electrons. The molecule has 1 atom stereocenters. The molecule has 0 radical (unpaired) electrons. The first-order valence-corrected chi connectivity index (χ1v) is 9.24. The van der Waals surface area contributed by atoms with Gasteiger partial charge in [-0.2, -0.15) is 0 Å². The molecule has 1 fully saturated rings. The fraction of sp³-hybridized carbons (Fsp3) is 0.400. The standard InChI is InChI=1S/C15H17ClN2O3S/c1-9-12-4-3-10(16)7-13(12)17-14(9)15(19)18(2)11-5-6-22(20,21)8-11/h3-4,7,11,17H,5-6,8H2,1-2H3. The van der Waals surface area contributed by atoms with Gasteiger partial charge in [-0.1, -0.05) is 17.7 Å². The number of aryl methyl sites for hydroxylation is 1. The van der Waals surface area contributed by atoms with Gasteiger partial charge in [0.2, 0.25) is 0 Å². The van der Waals surface area contributed by atoms with E-state index in [1.54, 1.807) is 19.2 Å². The van der Waals surface area contributed by atoms with Gasteiger partial charge in [-0.3, -0.25) is 4.79 Å². The first-order chi connectivity index (χ1) is 10.3. The van der Waals surface area contributed by atoms with Crippen molar-refractivity contribution in [3.05, 3.63) is 34.5 Å². The summed E-state index contributed by atoms with van der Waals surface area (Å²) in [6.45, 7) is 1.87. The van der Waals surface area contributed by atoms with Crippen LogP contribution in [-0.4, -0.2) is 48.8 Å². The Kier molecular flexibility index (Phi) is 3.69. The van der Waals surface area contributed by atoms with Crippen molar-refractivity contribution in [3.8, 4) is 0 Å². The Morgan fingerprint density at radius 2 is 2.14 bits per heavy atom. The molecule has 3 rings (SSSR count). The molecule has 5 nitrogen and oxygen atoms in total. The molecule has 1 aromatic carbocycles. The number of H-pyrrole nitrogens is 1. The first-order valence-electron chi connectivity index (χ1n) is 7.04. The van der Waals surface area contributed by atoms with E-state index in [0.717, 1.165) is 16.5 Å². The number of nitrogens with one attached hydrogen (secondary N) is 1. The third-order valence-electron chi connectivity index (χ3n) is 4.31. The minimum Gasteiger partial charge on any atom is -0.350 e. The van der Waals surface area contributed by atoms with E-state index < -0.39 is 9.84 Å². The second kappa shape index (κ2) is 5.28. The van der Waals surface area contributed by atoms with Crippen molar-refractivity contribution in [1.82, 2.24) is 9.88 Å². The lowest BCUT2D eigenvalue weighted by Crippen LogP contribution is -2.38. The normalized spacial score (nSPS) is 20.4. The van der Waals surface area contributed by atoms with Gasteiger partial charge in [-0.05, 0) is 31.0 Å². The molecule has 1 amide bonds. The number of rotatable bonds is 2. The average Bonchev–Trinajstić information content (AvgIpc) is 2.97. The molecule has 7 heteroatoms. The summed E-state index contributed by atoms with van der Waals surface area (Å²) in [6, 6.07) is 5.18. The molecule has 2 heterocycles. The number of sulfone groups is 1. The zero-order chi connectivity index (χ0) is 16.1. The van der Waals surface area contributed by atoms with Crippen molar-refractivity contribution in [3.63, 3.8) is 0 Å². The second-order valence-electron chi connectivity index (χ2n) is 5.79. The highest BCUT2D eigenvalue weighted by Gasteiger charge is 2.33. The summed E-state index contributed by atoms with van der Waals surface area (Å²) < 4.78 is 23.2. The third kappa shape index (κ3) is 2.61. The molecule has 22 heavy (non-hydrogen) atoms. The van der Waals surface area contributed by atoms with Crippen LogP contribution in [-0.2, 0) is 9.84 Å². The molecule has 0 saturated carbocycles. The number of benzene rings is 1. The summed E-state index contributed by atoms with van der Waals surface area (Å²) in [5.41, 5.74) is 2.15. The molecular weight excluding hydrogens is 324 g/mol. The zero-order valence-electron chi connectivity index (χ0n) is 12.4. The average molecular weight is 341 g/mol. The highest BCUT2D eigenvalue weighted by atomic mass is 35.5. The monoisotopic (exact) mass is 340 g/mol. The Morgan fingerprint density at radius 3 is 2.77 bits per heavy atom. The Morgan fingerprint density at radius 1 is 1.41 bits per heavy atom. The van der Waals surface area contributed by atoms with Crippen molar-refractivity contribution in [2.24, 2.45) is 0 Å². The van der Waals surface area contributed by atoms with Gasteiger partial charge in [0.05, 0.1) is 11.5 Å². The minimum absolute atomic E-state index is 0.0420. The Bertz CT molecular complexity index is 857. The number of halogens is 1. The first kappa shape index (κ1) is 15.4. The maximum Gasteiger partial charge on any atom is 0.270 e. The van der Waals surface area contributed by atoms with Crippen molar-refractivity contribution in [1.29, 1.82) is 0 Å². The quantitative estimate of drug-likeness (QED) is 0.912. The predicted octanol–water partition coefficient (Wildman–Crippen LogP) is 2.39. The van der Waals surface area contributed by atoms with Crippen LogP contribution in [0.2, 0.25) is 5.02 Å². The second-order valence-corrected chi connectivity index (χ2v) is 8.45. The van der Waals surface area contributed by atoms with Gasteiger partial charge in [-0.25, -0.2) is 8.42 Å². The van der Waals surface area contributed by atoms with Crippen LogP contribution in [0.3, 0.4) is 0 Å². The summed E-state index contributed by atoms with van der Waals surface area (Å²) in [6.07, 6.45) is 0.496. The van der Waals surface area contributed by atoms with Crippen molar-refractivity contribution >= 4 is 38.2 Å². The van der Waals surface area contributed by atoms with Crippen LogP contribution in [0.1, 0.15) is 22.5 Å². The predicted molar refractivity (Wildman–Crippen MR) is 87.2 cm³/mol. The summed E-state index contributed by atoms with van der Waals surface area (Å²) in [7, 11) is -1.36. The number of nitrogens with zero attached hydrogens (tertiary/aromatic N) is 1. The fourth-order valence-corrected chi connectivity index (χ4v) is 4.89. The van der Waals surface area contributed by atoms with Gasteiger partial charge in [0.15, 0.2) is 9.84 Å². The van der Waals surface area contributed by atoms with Crippen molar-refractivity contribution in [2.75, 3.05) is 18.6 Å². The number of fused-ring (bicyclic) bond motifs is 1. The van der Waals surface area contributed by atoms with Gasteiger partial charge >= 0.3 is 0 Å². The van der Waals surface area contributed by atoms with Crippen LogP contribution in [0, 0.1) is 6.92 Å². The van der Waals surface area contributed by atoms with E-state index in [1.807, 2.05) is 13.0 Å². The third-order valence-corrected chi connectivity index (χ3v) is 6.30. The number of hydrogen-bond donors (Lipinski definition) is 1. The number of carbonyl (C=O) groups is 1. The van der Waals surface area contributed by atoms with Gasteiger partial charge in [-0.15, -0.1) is 0 Å². The van der Waals surface area contributed by atoms with E-state index in [0.29, 0.717) is 17.1 Å². The summed E-state index contributed by atoms with van der Waals surface area (Å²) in [5.74, 6) is 0.00336. The Balaban J connectivity index is 1.93. The highest BCUT2D eigenvalue weighted by molar-refractivity contribution is 7.91. The molecule has 0 aliphatic carbocycles. The smallest absolute Gasteiger partial charge is 0.270 e. The maximum absolute atomic E-state index is 12.7. The minimum atomic E-state index is -3.02. The molecule has 1 aliphatic rings. The van der Waals surface area contributed by atoms with Crippen LogP contribution in [0.4, 0.5) is 0 Å². The van der Waals surface area contributed by atoms with E-state index in [1.165, 1.54) is 4.90 Å². The van der Waals surface area contributed by atoms with Crippen LogP contribution in [0.25, 0.3) is 10.9 Å². The van der Waals surface area contributed by atoms with Gasteiger partial charge in [0, 0.05) is 29.0 Å². The molecular formula is C15H17ClN2O3S. The summed E-state index contributed by atoms with van der Waals surface area (Å²) in [4.78, 5) is 17.3. The maximum atomic E-state index is 12.7. The highest BCUT2D eigenvalue weighted by Crippen LogP contribution is 2.26. The number of aromatic amines is 1. The van der Waals surface area contributed by atoms with Crippen molar-refractivity contribution in [2.45, 2.75) is 19.4 Å². The van der Waals surface area contributed by atoms with Gasteiger partial charge in [0.25, 0.3) is 5.91 Å². The van der Waals surface area contributed by atoms with E-state index in [9.17, 15) is 13.2 Å². The van der Waals surface area contributed by atoms with E-state index in [2.05, 4.69) is 4.98 Å². The number of carbonyl (C=O) groups excluding carboxylic acids is 1. The molecule has 0 spiro atoms. The van der Waals surface area contributed by atoms with E-state index in [4.69, 9.17) is 11.6 Å². The lowest BCUT2D eigenvalue weighted by atomic mass is 10.1. The fourth-order valence-electron chi connectivity index (χ4n) is 2.95. The SMILES string of the molecule is Cc1c(C(=O)N(C)C2CCS(=O)(=O)C2)[nH]c2cc(Cl)ccc12. The molecule has 1 N–H and O–H groups in total. The van der Waals surface area contributed by atoms with E-state index >= 15 is 0 Å². The Hall–Kier alpha value is -1.53. The summed E-state index contributed by atoms with van der Waals surface area (Å²) in [5, 5.41) is 1.54. The number of hydrogen-bond acceptors (Lipinski definition) is 3.